The molecule has 1 saturated carbocycles. The fourth-order valence-corrected chi connectivity index (χ4v) is 2.43. The van der Waals surface area contributed by atoms with Crippen LogP contribution in [-0.2, 0) is 9.59 Å². The molecular formula is C14H25NO3. The number of amides is 1. The number of carboxylic acids is 1. The Hall–Kier alpha value is -1.06. The zero-order valence-corrected chi connectivity index (χ0v) is 11.3. The number of hydrogen-bond acceptors (Lipinski definition) is 2. The predicted molar refractivity (Wildman–Crippen MR) is 70.2 cm³/mol. The Balaban J connectivity index is 2.20. The molecule has 18 heavy (non-hydrogen) atoms. The van der Waals surface area contributed by atoms with Crippen molar-refractivity contribution in [3.05, 3.63) is 0 Å². The van der Waals surface area contributed by atoms with Gasteiger partial charge in [-0.15, -0.1) is 0 Å². The molecule has 0 saturated heterocycles. The maximum atomic E-state index is 12.0. The van der Waals surface area contributed by atoms with Crippen LogP contribution >= 0.6 is 0 Å². The molecule has 1 fully saturated rings. The van der Waals surface area contributed by atoms with Gasteiger partial charge in [-0.3, -0.25) is 9.59 Å². The van der Waals surface area contributed by atoms with Crippen LogP contribution in [0.3, 0.4) is 0 Å². The largest absolute Gasteiger partial charge is 0.481 e. The molecule has 4 nitrogen and oxygen atoms in total. The van der Waals surface area contributed by atoms with Gasteiger partial charge in [-0.05, 0) is 25.2 Å². The van der Waals surface area contributed by atoms with E-state index in [9.17, 15) is 9.59 Å². The van der Waals surface area contributed by atoms with E-state index in [-0.39, 0.29) is 24.2 Å². The highest BCUT2D eigenvalue weighted by Gasteiger charge is 2.20. The highest BCUT2D eigenvalue weighted by atomic mass is 16.4. The molecule has 4 heteroatoms. The molecule has 104 valence electrons. The SMILES string of the molecule is CC(CCC(=O)O)CNC(=O)C1CCCCCC1. The monoisotopic (exact) mass is 255 g/mol. The van der Waals surface area contributed by atoms with Crippen LogP contribution in [-0.4, -0.2) is 23.5 Å². The van der Waals surface area contributed by atoms with Gasteiger partial charge in [0.2, 0.25) is 5.91 Å². The van der Waals surface area contributed by atoms with Crippen molar-refractivity contribution in [3.8, 4) is 0 Å². The summed E-state index contributed by atoms with van der Waals surface area (Å²) < 4.78 is 0. The summed E-state index contributed by atoms with van der Waals surface area (Å²) in [5.41, 5.74) is 0. The minimum atomic E-state index is -0.767. The molecular weight excluding hydrogens is 230 g/mol. The van der Waals surface area contributed by atoms with Gasteiger partial charge in [0.1, 0.15) is 0 Å². The molecule has 0 aromatic carbocycles. The van der Waals surface area contributed by atoms with Gasteiger partial charge in [-0.25, -0.2) is 0 Å². The van der Waals surface area contributed by atoms with E-state index in [1.807, 2.05) is 6.92 Å². The second-order valence-corrected chi connectivity index (χ2v) is 5.47. The molecule has 0 aliphatic heterocycles. The zero-order chi connectivity index (χ0) is 13.4. The standard InChI is InChI=1S/C14H25NO3/c1-11(8-9-13(16)17)10-15-14(18)12-6-4-2-3-5-7-12/h11-12H,2-10H2,1H3,(H,15,18)(H,16,17). The van der Waals surface area contributed by atoms with E-state index in [1.165, 1.54) is 12.8 Å². The first-order valence-corrected chi connectivity index (χ1v) is 7.09. The van der Waals surface area contributed by atoms with Gasteiger partial charge in [0, 0.05) is 18.9 Å². The van der Waals surface area contributed by atoms with Crippen LogP contribution in [0.5, 0.6) is 0 Å². The van der Waals surface area contributed by atoms with Crippen LogP contribution in [0.15, 0.2) is 0 Å². The van der Waals surface area contributed by atoms with Crippen molar-refractivity contribution in [2.24, 2.45) is 11.8 Å². The minimum Gasteiger partial charge on any atom is -0.481 e. The molecule has 1 amide bonds. The van der Waals surface area contributed by atoms with E-state index in [2.05, 4.69) is 5.32 Å². The van der Waals surface area contributed by atoms with Crippen molar-refractivity contribution in [2.75, 3.05) is 6.54 Å². The fourth-order valence-electron chi connectivity index (χ4n) is 2.43. The third-order valence-corrected chi connectivity index (χ3v) is 3.70. The van der Waals surface area contributed by atoms with Gasteiger partial charge in [0.25, 0.3) is 0 Å². The number of nitrogens with one attached hydrogen (secondary N) is 1. The first kappa shape index (κ1) is 15.0. The number of carboxylic acid groups (broad SMARTS) is 1. The number of aliphatic carboxylic acids is 1. The highest BCUT2D eigenvalue weighted by molar-refractivity contribution is 5.78. The van der Waals surface area contributed by atoms with E-state index in [4.69, 9.17) is 5.11 Å². The molecule has 1 aliphatic carbocycles. The Morgan fingerprint density at radius 3 is 2.39 bits per heavy atom. The Labute approximate surface area is 109 Å². The van der Waals surface area contributed by atoms with Gasteiger partial charge in [-0.1, -0.05) is 32.6 Å². The Morgan fingerprint density at radius 2 is 1.83 bits per heavy atom. The summed E-state index contributed by atoms with van der Waals surface area (Å²) >= 11 is 0. The van der Waals surface area contributed by atoms with E-state index < -0.39 is 5.97 Å². The first-order valence-electron chi connectivity index (χ1n) is 7.09. The lowest BCUT2D eigenvalue weighted by atomic mass is 9.99. The number of carbonyl (C=O) groups excluding carboxylic acids is 1. The molecule has 0 heterocycles. The van der Waals surface area contributed by atoms with Crippen molar-refractivity contribution >= 4 is 11.9 Å². The van der Waals surface area contributed by atoms with Gasteiger partial charge < -0.3 is 10.4 Å². The summed E-state index contributed by atoms with van der Waals surface area (Å²) in [6, 6.07) is 0. The van der Waals surface area contributed by atoms with Gasteiger partial charge >= 0.3 is 5.97 Å². The number of carbonyl (C=O) groups is 2. The summed E-state index contributed by atoms with van der Waals surface area (Å²) in [5.74, 6) is -0.189. The third kappa shape index (κ3) is 6.03. The second-order valence-electron chi connectivity index (χ2n) is 5.47. The summed E-state index contributed by atoms with van der Waals surface area (Å²) in [5, 5.41) is 11.6. The molecule has 1 rings (SSSR count). The first-order chi connectivity index (χ1) is 8.59. The van der Waals surface area contributed by atoms with Crippen molar-refractivity contribution < 1.29 is 14.7 Å². The predicted octanol–water partition coefficient (Wildman–Crippen LogP) is 2.57. The van der Waals surface area contributed by atoms with E-state index >= 15 is 0 Å². The molecule has 1 unspecified atom stereocenters. The van der Waals surface area contributed by atoms with Gasteiger partial charge in [0.15, 0.2) is 0 Å². The highest BCUT2D eigenvalue weighted by Crippen LogP contribution is 2.22. The molecule has 0 spiro atoms. The molecule has 0 radical (unpaired) electrons. The Kier molecular flexibility index (Phi) is 6.76. The van der Waals surface area contributed by atoms with E-state index in [0.717, 1.165) is 25.7 Å². The lowest BCUT2D eigenvalue weighted by Gasteiger charge is -2.16. The Bertz CT molecular complexity index is 270. The summed E-state index contributed by atoms with van der Waals surface area (Å²) in [4.78, 5) is 22.4. The maximum absolute atomic E-state index is 12.0. The normalized spacial score (nSPS) is 18.9. The third-order valence-electron chi connectivity index (χ3n) is 3.70. The summed E-state index contributed by atoms with van der Waals surface area (Å²) in [7, 11) is 0. The molecule has 0 aromatic heterocycles. The molecule has 0 bridgehead atoms. The minimum absolute atomic E-state index is 0.166. The molecule has 1 aliphatic rings. The topological polar surface area (TPSA) is 66.4 Å². The van der Waals surface area contributed by atoms with Crippen LogP contribution < -0.4 is 5.32 Å². The lowest BCUT2D eigenvalue weighted by molar-refractivity contribution is -0.137. The maximum Gasteiger partial charge on any atom is 0.303 e. The van der Waals surface area contributed by atoms with Crippen molar-refractivity contribution in [1.82, 2.24) is 5.32 Å². The summed E-state index contributed by atoms with van der Waals surface area (Å²) in [6.07, 6.45) is 7.64. The van der Waals surface area contributed by atoms with Crippen LogP contribution in [0, 0.1) is 11.8 Å². The van der Waals surface area contributed by atoms with Crippen LogP contribution in [0.4, 0.5) is 0 Å². The van der Waals surface area contributed by atoms with Crippen LogP contribution in [0.25, 0.3) is 0 Å². The smallest absolute Gasteiger partial charge is 0.303 e. The quantitative estimate of drug-likeness (QED) is 0.717. The molecule has 2 N–H and O–H groups in total. The van der Waals surface area contributed by atoms with Crippen molar-refractivity contribution in [3.63, 3.8) is 0 Å². The zero-order valence-electron chi connectivity index (χ0n) is 11.3. The van der Waals surface area contributed by atoms with Crippen molar-refractivity contribution in [2.45, 2.75) is 58.3 Å². The average Bonchev–Trinajstić information content (AvgIpc) is 2.62. The van der Waals surface area contributed by atoms with E-state index in [0.29, 0.717) is 13.0 Å². The van der Waals surface area contributed by atoms with Crippen LogP contribution in [0.2, 0.25) is 0 Å². The fraction of sp³-hybridized carbons (Fsp3) is 0.857. The molecule has 0 aromatic rings. The Morgan fingerprint density at radius 1 is 1.22 bits per heavy atom. The average molecular weight is 255 g/mol. The van der Waals surface area contributed by atoms with Crippen LogP contribution in [0.1, 0.15) is 58.3 Å². The number of hydrogen-bond donors (Lipinski definition) is 2. The van der Waals surface area contributed by atoms with Gasteiger partial charge in [0.05, 0.1) is 0 Å². The van der Waals surface area contributed by atoms with E-state index in [1.54, 1.807) is 0 Å². The second kappa shape index (κ2) is 8.11. The molecule has 1 atom stereocenters. The van der Waals surface area contributed by atoms with Gasteiger partial charge in [-0.2, -0.15) is 0 Å². The number of rotatable bonds is 6. The lowest BCUT2D eigenvalue weighted by Crippen LogP contribution is -2.33. The summed E-state index contributed by atoms with van der Waals surface area (Å²) in [6.45, 7) is 2.58. The van der Waals surface area contributed by atoms with Crippen molar-refractivity contribution in [1.29, 1.82) is 0 Å².